The standard InChI is InChI=1S/C12H16N2O3S/c1-7-10(11(16)17)18-12(13-7)14(8(2)15)9-5-3-4-6-9/h9H,3-6H2,1-2H3,(H,16,17). The number of thiazole rings is 1. The highest BCUT2D eigenvalue weighted by atomic mass is 32.1. The number of anilines is 1. The molecule has 2 rings (SSSR count). The predicted molar refractivity (Wildman–Crippen MR) is 69.2 cm³/mol. The summed E-state index contributed by atoms with van der Waals surface area (Å²) in [6.45, 7) is 3.17. The fraction of sp³-hybridized carbons (Fsp3) is 0.583. The Bertz CT molecular complexity index is 478. The maximum atomic E-state index is 11.8. The minimum Gasteiger partial charge on any atom is -0.477 e. The lowest BCUT2D eigenvalue weighted by molar-refractivity contribution is -0.117. The van der Waals surface area contributed by atoms with Gasteiger partial charge in [0.15, 0.2) is 5.13 Å². The first-order chi connectivity index (χ1) is 8.50. The number of carboxylic acids is 1. The highest BCUT2D eigenvalue weighted by molar-refractivity contribution is 7.17. The van der Waals surface area contributed by atoms with Gasteiger partial charge < -0.3 is 5.11 Å². The maximum absolute atomic E-state index is 11.8. The summed E-state index contributed by atoms with van der Waals surface area (Å²) in [5, 5.41) is 9.55. The van der Waals surface area contributed by atoms with Crippen molar-refractivity contribution >= 4 is 28.3 Å². The summed E-state index contributed by atoms with van der Waals surface area (Å²) in [4.78, 5) is 28.9. The summed E-state index contributed by atoms with van der Waals surface area (Å²) >= 11 is 1.09. The molecule has 0 atom stereocenters. The van der Waals surface area contributed by atoms with Crippen LogP contribution < -0.4 is 4.90 Å². The van der Waals surface area contributed by atoms with Gasteiger partial charge in [-0.25, -0.2) is 9.78 Å². The van der Waals surface area contributed by atoms with E-state index in [0.29, 0.717) is 10.8 Å². The lowest BCUT2D eigenvalue weighted by Gasteiger charge is -2.24. The number of hydrogen-bond donors (Lipinski definition) is 1. The van der Waals surface area contributed by atoms with Crippen molar-refractivity contribution in [3.63, 3.8) is 0 Å². The minimum atomic E-state index is -0.980. The molecule has 0 bridgehead atoms. The van der Waals surface area contributed by atoms with E-state index in [1.807, 2.05) is 0 Å². The Hall–Kier alpha value is -1.43. The number of nitrogens with zero attached hydrogens (tertiary/aromatic N) is 2. The molecule has 0 unspecified atom stereocenters. The molecule has 1 saturated carbocycles. The van der Waals surface area contributed by atoms with Crippen LogP contribution in [0.3, 0.4) is 0 Å². The molecule has 1 heterocycles. The minimum absolute atomic E-state index is 0.0624. The molecule has 98 valence electrons. The normalized spacial score (nSPS) is 15.9. The van der Waals surface area contributed by atoms with Crippen molar-refractivity contribution in [3.8, 4) is 0 Å². The lowest BCUT2D eigenvalue weighted by Crippen LogP contribution is -2.37. The van der Waals surface area contributed by atoms with E-state index >= 15 is 0 Å². The lowest BCUT2D eigenvalue weighted by atomic mass is 10.2. The van der Waals surface area contributed by atoms with Crippen LogP contribution in [-0.4, -0.2) is 28.0 Å². The number of carbonyl (C=O) groups excluding carboxylic acids is 1. The molecule has 5 nitrogen and oxygen atoms in total. The van der Waals surface area contributed by atoms with Crippen LogP contribution in [0.4, 0.5) is 5.13 Å². The third-order valence-corrected chi connectivity index (χ3v) is 4.36. The van der Waals surface area contributed by atoms with E-state index in [0.717, 1.165) is 37.0 Å². The van der Waals surface area contributed by atoms with Crippen LogP contribution in [-0.2, 0) is 4.79 Å². The molecule has 0 radical (unpaired) electrons. The van der Waals surface area contributed by atoms with Gasteiger partial charge in [0.2, 0.25) is 5.91 Å². The molecular weight excluding hydrogens is 252 g/mol. The van der Waals surface area contributed by atoms with Crippen LogP contribution in [0.5, 0.6) is 0 Å². The Labute approximate surface area is 109 Å². The molecule has 1 aromatic rings. The van der Waals surface area contributed by atoms with Crippen LogP contribution >= 0.6 is 11.3 Å². The highest BCUT2D eigenvalue weighted by Crippen LogP contribution is 2.32. The number of amides is 1. The van der Waals surface area contributed by atoms with E-state index in [-0.39, 0.29) is 16.8 Å². The number of hydrogen-bond acceptors (Lipinski definition) is 4. The van der Waals surface area contributed by atoms with Crippen LogP contribution in [0.2, 0.25) is 0 Å². The van der Waals surface area contributed by atoms with Crippen LogP contribution in [0.25, 0.3) is 0 Å². The fourth-order valence-electron chi connectivity index (χ4n) is 2.39. The van der Waals surface area contributed by atoms with E-state index in [2.05, 4.69) is 4.98 Å². The van der Waals surface area contributed by atoms with Crippen molar-refractivity contribution in [2.45, 2.75) is 45.6 Å². The Morgan fingerprint density at radius 3 is 2.44 bits per heavy atom. The summed E-state index contributed by atoms with van der Waals surface area (Å²) < 4.78 is 0. The number of carbonyl (C=O) groups is 2. The van der Waals surface area contributed by atoms with Gasteiger partial charge in [-0.05, 0) is 19.8 Å². The molecule has 6 heteroatoms. The largest absolute Gasteiger partial charge is 0.477 e. The molecule has 1 aliphatic carbocycles. The van der Waals surface area contributed by atoms with Gasteiger partial charge in [0.1, 0.15) is 4.88 Å². The third kappa shape index (κ3) is 2.38. The highest BCUT2D eigenvalue weighted by Gasteiger charge is 2.29. The molecule has 0 aromatic carbocycles. The second-order valence-electron chi connectivity index (χ2n) is 4.54. The van der Waals surface area contributed by atoms with E-state index < -0.39 is 5.97 Å². The zero-order valence-corrected chi connectivity index (χ0v) is 11.3. The summed E-state index contributed by atoms with van der Waals surface area (Å²) in [5.41, 5.74) is 0.478. The molecule has 1 N–H and O–H groups in total. The number of rotatable bonds is 3. The van der Waals surface area contributed by atoms with Gasteiger partial charge in [-0.1, -0.05) is 24.2 Å². The summed E-state index contributed by atoms with van der Waals surface area (Å²) in [5.74, 6) is -1.04. The maximum Gasteiger partial charge on any atom is 0.347 e. The first kappa shape index (κ1) is 13.0. The van der Waals surface area contributed by atoms with Gasteiger partial charge in [0.25, 0.3) is 0 Å². The van der Waals surface area contributed by atoms with Gasteiger partial charge in [-0.3, -0.25) is 9.69 Å². The first-order valence-electron chi connectivity index (χ1n) is 6.01. The molecule has 1 aromatic heterocycles. The number of aromatic nitrogens is 1. The second-order valence-corrected chi connectivity index (χ2v) is 5.52. The molecular formula is C12H16N2O3S. The second kappa shape index (κ2) is 5.06. The van der Waals surface area contributed by atoms with E-state index in [1.165, 1.54) is 6.92 Å². The molecule has 1 amide bonds. The van der Waals surface area contributed by atoms with Crippen molar-refractivity contribution in [1.82, 2.24) is 4.98 Å². The monoisotopic (exact) mass is 268 g/mol. The molecule has 0 spiro atoms. The van der Waals surface area contributed by atoms with Crippen molar-refractivity contribution < 1.29 is 14.7 Å². The van der Waals surface area contributed by atoms with E-state index in [4.69, 9.17) is 5.11 Å². The SMILES string of the molecule is CC(=O)N(c1nc(C)c(C(=O)O)s1)C1CCCC1. The third-order valence-electron chi connectivity index (χ3n) is 3.21. The quantitative estimate of drug-likeness (QED) is 0.914. The fourth-order valence-corrected chi connectivity index (χ4v) is 3.42. The Morgan fingerprint density at radius 1 is 1.39 bits per heavy atom. The van der Waals surface area contributed by atoms with Crippen molar-refractivity contribution in [1.29, 1.82) is 0 Å². The number of aromatic carboxylic acids is 1. The molecule has 0 aliphatic heterocycles. The topological polar surface area (TPSA) is 70.5 Å². The van der Waals surface area contributed by atoms with Crippen molar-refractivity contribution in [3.05, 3.63) is 10.6 Å². The van der Waals surface area contributed by atoms with Gasteiger partial charge in [-0.15, -0.1) is 0 Å². The summed E-state index contributed by atoms with van der Waals surface area (Å²) in [6.07, 6.45) is 4.18. The molecule has 18 heavy (non-hydrogen) atoms. The average molecular weight is 268 g/mol. The van der Waals surface area contributed by atoms with Gasteiger partial charge in [0, 0.05) is 13.0 Å². The van der Waals surface area contributed by atoms with Crippen LogP contribution in [0.15, 0.2) is 0 Å². The van der Waals surface area contributed by atoms with Crippen LogP contribution in [0.1, 0.15) is 48.0 Å². The first-order valence-corrected chi connectivity index (χ1v) is 6.83. The smallest absolute Gasteiger partial charge is 0.347 e. The van der Waals surface area contributed by atoms with Crippen molar-refractivity contribution in [2.24, 2.45) is 0 Å². The zero-order valence-electron chi connectivity index (χ0n) is 10.5. The summed E-state index contributed by atoms with van der Waals surface area (Å²) in [6, 6.07) is 0.176. The van der Waals surface area contributed by atoms with Gasteiger partial charge >= 0.3 is 5.97 Å². The number of carboxylic acid groups (broad SMARTS) is 1. The Kier molecular flexibility index (Phi) is 3.65. The van der Waals surface area contributed by atoms with E-state index in [1.54, 1.807) is 11.8 Å². The van der Waals surface area contributed by atoms with Gasteiger partial charge in [0.05, 0.1) is 5.69 Å². The van der Waals surface area contributed by atoms with E-state index in [9.17, 15) is 9.59 Å². The average Bonchev–Trinajstić information content (AvgIpc) is 2.88. The van der Waals surface area contributed by atoms with Gasteiger partial charge in [-0.2, -0.15) is 0 Å². The molecule has 0 saturated heterocycles. The molecule has 1 aliphatic rings. The summed E-state index contributed by atoms with van der Waals surface area (Å²) in [7, 11) is 0. The van der Waals surface area contributed by atoms with Crippen LogP contribution in [0, 0.1) is 6.92 Å². The van der Waals surface area contributed by atoms with Crippen molar-refractivity contribution in [2.75, 3.05) is 4.90 Å². The number of aryl methyl sites for hydroxylation is 1. The predicted octanol–water partition coefficient (Wildman–Crippen LogP) is 2.45. The molecule has 1 fully saturated rings. The Balaban J connectivity index is 2.33. The Morgan fingerprint density at radius 2 is 2.00 bits per heavy atom. The zero-order chi connectivity index (χ0) is 13.3.